The molecule has 0 saturated carbocycles. The molecule has 2 rings (SSSR count). The summed E-state index contributed by atoms with van der Waals surface area (Å²) in [5.74, 6) is 0.430. The topological polar surface area (TPSA) is 17.1 Å². The van der Waals surface area contributed by atoms with E-state index in [4.69, 9.17) is 0 Å². The summed E-state index contributed by atoms with van der Waals surface area (Å²) in [6.07, 6.45) is 10.5. The molecule has 1 atom stereocenters. The first kappa shape index (κ1) is 13.4. The molecule has 0 amide bonds. The molecule has 1 aliphatic carbocycles. The number of benzene rings is 1. The van der Waals surface area contributed by atoms with E-state index in [1.54, 1.807) is 11.8 Å². The fraction of sp³-hybridized carbons (Fsp3) is 0.438. The first-order valence-corrected chi connectivity index (χ1v) is 7.63. The van der Waals surface area contributed by atoms with Gasteiger partial charge in [0.25, 0.3) is 0 Å². The van der Waals surface area contributed by atoms with Crippen LogP contribution in [0.2, 0.25) is 0 Å². The fourth-order valence-electron chi connectivity index (χ4n) is 2.16. The van der Waals surface area contributed by atoms with Gasteiger partial charge >= 0.3 is 0 Å². The SMILES string of the molecule is O=C1CCC/C=C/CCC[C@H]1Sc1ccccc1. The van der Waals surface area contributed by atoms with Gasteiger partial charge in [0.1, 0.15) is 5.78 Å². The Kier molecular flexibility index (Phi) is 5.53. The van der Waals surface area contributed by atoms with Crippen LogP contribution in [0.15, 0.2) is 47.4 Å². The minimum Gasteiger partial charge on any atom is -0.298 e. The molecule has 0 fully saturated rings. The highest BCUT2D eigenvalue weighted by atomic mass is 32.2. The maximum absolute atomic E-state index is 12.2. The van der Waals surface area contributed by atoms with Crippen LogP contribution in [0, 0.1) is 0 Å². The molecule has 0 bridgehead atoms. The summed E-state index contributed by atoms with van der Waals surface area (Å²) in [6, 6.07) is 10.3. The average molecular weight is 260 g/mol. The molecule has 0 saturated heterocycles. The molecular formula is C16H20OS. The van der Waals surface area contributed by atoms with Crippen LogP contribution < -0.4 is 0 Å². The fourth-order valence-corrected chi connectivity index (χ4v) is 3.34. The molecule has 1 aromatic rings. The van der Waals surface area contributed by atoms with E-state index in [9.17, 15) is 4.79 Å². The lowest BCUT2D eigenvalue weighted by Crippen LogP contribution is -2.17. The van der Waals surface area contributed by atoms with Crippen molar-refractivity contribution in [1.82, 2.24) is 0 Å². The van der Waals surface area contributed by atoms with Crippen molar-refractivity contribution in [3.05, 3.63) is 42.5 Å². The van der Waals surface area contributed by atoms with Gasteiger partial charge < -0.3 is 0 Å². The Morgan fingerprint density at radius 2 is 1.72 bits per heavy atom. The Hall–Kier alpha value is -1.02. The van der Waals surface area contributed by atoms with Crippen molar-refractivity contribution >= 4 is 17.5 Å². The largest absolute Gasteiger partial charge is 0.298 e. The minimum absolute atomic E-state index is 0.152. The van der Waals surface area contributed by atoms with Crippen LogP contribution in [-0.4, -0.2) is 11.0 Å². The van der Waals surface area contributed by atoms with Crippen LogP contribution in [0.1, 0.15) is 38.5 Å². The van der Waals surface area contributed by atoms with Crippen LogP contribution >= 0.6 is 11.8 Å². The molecule has 0 N–H and O–H groups in total. The number of rotatable bonds is 2. The van der Waals surface area contributed by atoms with Gasteiger partial charge in [-0.3, -0.25) is 4.79 Å². The van der Waals surface area contributed by atoms with Gasteiger partial charge in [0.2, 0.25) is 0 Å². The Morgan fingerprint density at radius 1 is 1.00 bits per heavy atom. The van der Waals surface area contributed by atoms with E-state index >= 15 is 0 Å². The molecule has 0 unspecified atom stereocenters. The minimum atomic E-state index is 0.152. The summed E-state index contributed by atoms with van der Waals surface area (Å²) in [5, 5.41) is 0.152. The zero-order chi connectivity index (χ0) is 12.6. The Labute approximate surface area is 114 Å². The number of thioether (sulfide) groups is 1. The lowest BCUT2D eigenvalue weighted by molar-refractivity contribution is -0.118. The molecule has 18 heavy (non-hydrogen) atoms. The molecule has 0 aliphatic heterocycles. The van der Waals surface area contributed by atoms with E-state index in [1.165, 1.54) is 4.90 Å². The second kappa shape index (κ2) is 7.42. The van der Waals surface area contributed by atoms with Gasteiger partial charge in [-0.2, -0.15) is 0 Å². The number of Topliss-reactive ketones (excluding diaryl/α,β-unsaturated/α-hetero) is 1. The first-order chi connectivity index (χ1) is 8.86. The molecule has 0 aromatic heterocycles. The Morgan fingerprint density at radius 3 is 2.50 bits per heavy atom. The highest BCUT2D eigenvalue weighted by molar-refractivity contribution is 8.00. The maximum atomic E-state index is 12.2. The number of allylic oxidation sites excluding steroid dienone is 2. The van der Waals surface area contributed by atoms with Crippen molar-refractivity contribution < 1.29 is 4.79 Å². The van der Waals surface area contributed by atoms with Gasteiger partial charge in [-0.15, -0.1) is 11.8 Å². The highest BCUT2D eigenvalue weighted by Crippen LogP contribution is 2.28. The van der Waals surface area contributed by atoms with Crippen LogP contribution in [0.3, 0.4) is 0 Å². The smallest absolute Gasteiger partial charge is 0.146 e. The molecule has 1 aromatic carbocycles. The molecule has 1 nitrogen and oxygen atoms in total. The maximum Gasteiger partial charge on any atom is 0.146 e. The quantitative estimate of drug-likeness (QED) is 0.721. The molecule has 2 heteroatoms. The van der Waals surface area contributed by atoms with Gasteiger partial charge in [0, 0.05) is 11.3 Å². The van der Waals surface area contributed by atoms with Crippen LogP contribution in [0.4, 0.5) is 0 Å². The standard InChI is InChI=1S/C16H20OS/c17-15-12-8-3-1-2-4-9-13-16(15)18-14-10-6-5-7-11-14/h1-2,5-7,10-11,16H,3-4,8-9,12-13H2/b2-1+/t16-/m1/s1. The highest BCUT2D eigenvalue weighted by Gasteiger charge is 2.19. The van der Waals surface area contributed by atoms with Crippen molar-refractivity contribution in [3.8, 4) is 0 Å². The monoisotopic (exact) mass is 260 g/mol. The van der Waals surface area contributed by atoms with E-state index in [1.807, 2.05) is 18.2 Å². The van der Waals surface area contributed by atoms with Gasteiger partial charge in [-0.25, -0.2) is 0 Å². The second-order valence-corrected chi connectivity index (χ2v) is 5.96. The van der Waals surface area contributed by atoms with Crippen molar-refractivity contribution in [2.24, 2.45) is 0 Å². The van der Waals surface area contributed by atoms with Crippen molar-refractivity contribution in [1.29, 1.82) is 0 Å². The lowest BCUT2D eigenvalue weighted by Gasteiger charge is -2.16. The molecule has 1 aliphatic rings. The van der Waals surface area contributed by atoms with Gasteiger partial charge in [-0.1, -0.05) is 30.4 Å². The predicted molar refractivity (Wildman–Crippen MR) is 77.9 cm³/mol. The normalized spacial score (nSPS) is 23.6. The molecule has 0 heterocycles. The van der Waals surface area contributed by atoms with Crippen molar-refractivity contribution in [2.75, 3.05) is 0 Å². The van der Waals surface area contributed by atoms with E-state index in [0.29, 0.717) is 5.78 Å². The van der Waals surface area contributed by atoms with E-state index in [0.717, 1.165) is 38.5 Å². The zero-order valence-corrected chi connectivity index (χ0v) is 11.5. The average Bonchev–Trinajstić information content (AvgIpc) is 2.41. The van der Waals surface area contributed by atoms with Crippen LogP contribution in [0.5, 0.6) is 0 Å². The number of ketones is 1. The third-order valence-corrected chi connectivity index (χ3v) is 4.51. The van der Waals surface area contributed by atoms with Gasteiger partial charge in [0.15, 0.2) is 0 Å². The van der Waals surface area contributed by atoms with Gasteiger partial charge in [0.05, 0.1) is 5.25 Å². The molecule has 0 radical (unpaired) electrons. The lowest BCUT2D eigenvalue weighted by atomic mass is 10.0. The summed E-state index contributed by atoms with van der Waals surface area (Å²) in [7, 11) is 0. The molecular weight excluding hydrogens is 240 g/mol. The van der Waals surface area contributed by atoms with Crippen LogP contribution in [0.25, 0.3) is 0 Å². The number of carbonyl (C=O) groups excluding carboxylic acids is 1. The summed E-state index contributed by atoms with van der Waals surface area (Å²) in [4.78, 5) is 13.4. The van der Waals surface area contributed by atoms with Crippen molar-refractivity contribution in [3.63, 3.8) is 0 Å². The van der Waals surface area contributed by atoms with Gasteiger partial charge in [-0.05, 0) is 44.2 Å². The summed E-state index contributed by atoms with van der Waals surface area (Å²) in [5.41, 5.74) is 0. The number of hydrogen-bond acceptors (Lipinski definition) is 2. The Balaban J connectivity index is 1.99. The first-order valence-electron chi connectivity index (χ1n) is 6.75. The molecule has 0 spiro atoms. The van der Waals surface area contributed by atoms with E-state index in [2.05, 4.69) is 24.3 Å². The van der Waals surface area contributed by atoms with Crippen LogP contribution in [-0.2, 0) is 4.79 Å². The van der Waals surface area contributed by atoms with Crippen molar-refractivity contribution in [2.45, 2.75) is 48.7 Å². The summed E-state index contributed by atoms with van der Waals surface area (Å²) >= 11 is 1.74. The number of carbonyl (C=O) groups is 1. The molecule has 96 valence electrons. The second-order valence-electron chi connectivity index (χ2n) is 4.68. The van der Waals surface area contributed by atoms with E-state index in [-0.39, 0.29) is 5.25 Å². The third kappa shape index (κ3) is 4.34. The summed E-state index contributed by atoms with van der Waals surface area (Å²) in [6.45, 7) is 0. The third-order valence-electron chi connectivity index (χ3n) is 3.18. The Bertz CT molecular complexity index is 397. The van der Waals surface area contributed by atoms with E-state index < -0.39 is 0 Å². The predicted octanol–water partition coefficient (Wildman–Crippen LogP) is 4.63. The summed E-state index contributed by atoms with van der Waals surface area (Å²) < 4.78 is 0. The number of hydrogen-bond donors (Lipinski definition) is 0. The zero-order valence-electron chi connectivity index (χ0n) is 10.7.